The first kappa shape index (κ1) is 15.1. The lowest BCUT2D eigenvalue weighted by Crippen LogP contribution is -1.99. The Bertz CT molecular complexity index is 1030. The van der Waals surface area contributed by atoms with Crippen molar-refractivity contribution in [1.29, 1.82) is 0 Å². The van der Waals surface area contributed by atoms with Gasteiger partial charge >= 0.3 is 0 Å². The van der Waals surface area contributed by atoms with Crippen molar-refractivity contribution in [2.75, 3.05) is 13.2 Å². The van der Waals surface area contributed by atoms with Gasteiger partial charge in [0.1, 0.15) is 0 Å². The maximum atomic E-state index is 9.54. The van der Waals surface area contributed by atoms with Crippen LogP contribution in [0.4, 0.5) is 0 Å². The molecule has 24 heavy (non-hydrogen) atoms. The smallest absolute Gasteiger partial charge is 0.0471 e. The number of aliphatic hydroxyl groups is 2. The number of rotatable bonds is 4. The summed E-state index contributed by atoms with van der Waals surface area (Å²) in [6, 6.07) is 21.3. The van der Waals surface area contributed by atoms with E-state index in [2.05, 4.69) is 60.7 Å². The van der Waals surface area contributed by atoms with Crippen LogP contribution in [0, 0.1) is 0 Å². The molecule has 0 unspecified atom stereocenters. The third-order valence-electron chi connectivity index (χ3n) is 4.81. The van der Waals surface area contributed by atoms with Crippen molar-refractivity contribution in [3.05, 3.63) is 71.8 Å². The van der Waals surface area contributed by atoms with Gasteiger partial charge in [0.25, 0.3) is 0 Å². The lowest BCUT2D eigenvalue weighted by atomic mass is 9.90. The van der Waals surface area contributed by atoms with E-state index in [0.29, 0.717) is 12.8 Å². The van der Waals surface area contributed by atoms with Crippen LogP contribution in [0.5, 0.6) is 0 Å². The highest BCUT2D eigenvalue weighted by molar-refractivity contribution is 6.18. The summed E-state index contributed by atoms with van der Waals surface area (Å²) < 4.78 is 0. The summed E-state index contributed by atoms with van der Waals surface area (Å²) in [7, 11) is 0. The second-order valence-corrected chi connectivity index (χ2v) is 6.20. The zero-order chi connectivity index (χ0) is 16.5. The minimum atomic E-state index is 0.124. The Balaban J connectivity index is 2.18. The van der Waals surface area contributed by atoms with E-state index in [4.69, 9.17) is 0 Å². The minimum absolute atomic E-state index is 0.124. The van der Waals surface area contributed by atoms with Gasteiger partial charge in [-0.05, 0) is 62.4 Å². The molecule has 0 aliphatic heterocycles. The van der Waals surface area contributed by atoms with Gasteiger partial charge in [-0.1, -0.05) is 54.6 Å². The molecule has 0 heterocycles. The Morgan fingerprint density at radius 1 is 0.583 bits per heavy atom. The van der Waals surface area contributed by atoms with Crippen molar-refractivity contribution in [2.24, 2.45) is 0 Å². The molecule has 2 nitrogen and oxygen atoms in total. The monoisotopic (exact) mass is 316 g/mol. The van der Waals surface area contributed by atoms with Crippen LogP contribution in [-0.4, -0.2) is 23.4 Å². The van der Waals surface area contributed by atoms with E-state index in [-0.39, 0.29) is 13.2 Å². The van der Waals surface area contributed by atoms with E-state index in [1.165, 1.54) is 32.3 Å². The van der Waals surface area contributed by atoms with Crippen molar-refractivity contribution in [1.82, 2.24) is 0 Å². The average molecular weight is 316 g/mol. The van der Waals surface area contributed by atoms with Crippen molar-refractivity contribution in [3.63, 3.8) is 0 Å². The van der Waals surface area contributed by atoms with E-state index >= 15 is 0 Å². The quantitative estimate of drug-likeness (QED) is 0.554. The lowest BCUT2D eigenvalue weighted by Gasteiger charge is -2.15. The Morgan fingerprint density at radius 3 is 2.17 bits per heavy atom. The molecular formula is C22H20O2. The summed E-state index contributed by atoms with van der Waals surface area (Å²) in [5.41, 5.74) is 2.30. The van der Waals surface area contributed by atoms with Gasteiger partial charge in [0.15, 0.2) is 0 Å². The van der Waals surface area contributed by atoms with E-state index in [1.54, 1.807) is 0 Å². The number of fused-ring (bicyclic) bond motifs is 5. The molecule has 0 aliphatic rings. The van der Waals surface area contributed by atoms with Crippen LogP contribution >= 0.6 is 0 Å². The summed E-state index contributed by atoms with van der Waals surface area (Å²) in [5, 5.41) is 26.2. The van der Waals surface area contributed by atoms with Crippen LogP contribution in [0.15, 0.2) is 60.7 Å². The van der Waals surface area contributed by atoms with Gasteiger partial charge in [-0.25, -0.2) is 0 Å². The summed E-state index contributed by atoms with van der Waals surface area (Å²) >= 11 is 0. The molecule has 0 bridgehead atoms. The molecule has 0 saturated heterocycles. The Labute approximate surface area is 141 Å². The van der Waals surface area contributed by atoms with Crippen LogP contribution in [-0.2, 0) is 12.8 Å². The molecule has 120 valence electrons. The molecule has 0 saturated carbocycles. The molecule has 0 spiro atoms. The highest BCUT2D eigenvalue weighted by Gasteiger charge is 2.12. The number of hydrogen-bond acceptors (Lipinski definition) is 2. The molecule has 4 rings (SSSR count). The maximum absolute atomic E-state index is 9.54. The summed E-state index contributed by atoms with van der Waals surface area (Å²) in [4.78, 5) is 0. The van der Waals surface area contributed by atoms with Gasteiger partial charge in [-0.2, -0.15) is 0 Å². The molecule has 0 atom stereocenters. The lowest BCUT2D eigenvalue weighted by molar-refractivity contribution is 0.299. The maximum Gasteiger partial charge on any atom is 0.0471 e. The largest absolute Gasteiger partial charge is 0.396 e. The van der Waals surface area contributed by atoms with E-state index < -0.39 is 0 Å². The fraction of sp³-hybridized carbons (Fsp3) is 0.182. The normalized spacial score (nSPS) is 11.6. The van der Waals surface area contributed by atoms with Crippen LogP contribution < -0.4 is 0 Å². The number of aliphatic hydroxyl groups excluding tert-OH is 2. The molecular weight excluding hydrogens is 296 g/mol. The van der Waals surface area contributed by atoms with Crippen LogP contribution in [0.1, 0.15) is 11.1 Å². The molecule has 0 aromatic heterocycles. The topological polar surface area (TPSA) is 40.5 Å². The predicted molar refractivity (Wildman–Crippen MR) is 101 cm³/mol. The Kier molecular flexibility index (Phi) is 3.93. The predicted octanol–water partition coefficient (Wildman–Crippen LogP) is 4.22. The van der Waals surface area contributed by atoms with Crippen LogP contribution in [0.25, 0.3) is 32.3 Å². The van der Waals surface area contributed by atoms with Gasteiger partial charge in [0.2, 0.25) is 0 Å². The summed E-state index contributed by atoms with van der Waals surface area (Å²) in [6.45, 7) is 0.256. The van der Waals surface area contributed by atoms with E-state index in [0.717, 1.165) is 11.1 Å². The third-order valence-corrected chi connectivity index (χ3v) is 4.81. The van der Waals surface area contributed by atoms with Crippen molar-refractivity contribution < 1.29 is 10.2 Å². The number of benzene rings is 4. The molecule has 2 heteroatoms. The first-order valence-electron chi connectivity index (χ1n) is 8.40. The zero-order valence-corrected chi connectivity index (χ0v) is 13.5. The molecule has 2 N–H and O–H groups in total. The standard InChI is InChI=1S/C22H20O2/c23-12-10-16-5-3-7-20-19-9-8-15-4-1-2-6-18(15)21(19)14-17(11-13-24)22(16)20/h1-9,14,23-24H,10-13H2. The summed E-state index contributed by atoms with van der Waals surface area (Å²) in [6.07, 6.45) is 1.26. The van der Waals surface area contributed by atoms with Gasteiger partial charge in [0.05, 0.1) is 0 Å². The molecule has 4 aromatic rings. The van der Waals surface area contributed by atoms with Gasteiger partial charge in [0, 0.05) is 13.2 Å². The first-order chi connectivity index (χ1) is 11.8. The van der Waals surface area contributed by atoms with Crippen molar-refractivity contribution in [3.8, 4) is 0 Å². The SMILES string of the molecule is OCCc1cccc2c1c(CCO)cc1c3ccccc3ccc21. The van der Waals surface area contributed by atoms with Crippen LogP contribution in [0.2, 0.25) is 0 Å². The Morgan fingerprint density at radius 2 is 1.33 bits per heavy atom. The van der Waals surface area contributed by atoms with E-state index in [1.807, 2.05) is 0 Å². The fourth-order valence-electron chi connectivity index (χ4n) is 3.78. The van der Waals surface area contributed by atoms with Crippen molar-refractivity contribution in [2.45, 2.75) is 12.8 Å². The average Bonchev–Trinajstić information content (AvgIpc) is 2.62. The van der Waals surface area contributed by atoms with Gasteiger partial charge in [-0.3, -0.25) is 0 Å². The highest BCUT2D eigenvalue weighted by Crippen LogP contribution is 2.35. The summed E-state index contributed by atoms with van der Waals surface area (Å²) in [5.74, 6) is 0. The van der Waals surface area contributed by atoms with Gasteiger partial charge in [-0.15, -0.1) is 0 Å². The fourth-order valence-corrected chi connectivity index (χ4v) is 3.78. The van der Waals surface area contributed by atoms with Crippen molar-refractivity contribution >= 4 is 32.3 Å². The van der Waals surface area contributed by atoms with Gasteiger partial charge < -0.3 is 10.2 Å². The van der Waals surface area contributed by atoms with Crippen LogP contribution in [0.3, 0.4) is 0 Å². The second-order valence-electron chi connectivity index (χ2n) is 6.20. The minimum Gasteiger partial charge on any atom is -0.396 e. The molecule has 0 amide bonds. The van der Waals surface area contributed by atoms with E-state index in [9.17, 15) is 10.2 Å². The highest BCUT2D eigenvalue weighted by atomic mass is 16.3. The molecule has 0 radical (unpaired) electrons. The number of hydrogen-bond donors (Lipinski definition) is 2. The molecule has 0 aliphatic carbocycles. The molecule has 0 fully saturated rings. The zero-order valence-electron chi connectivity index (χ0n) is 13.5. The third kappa shape index (κ3) is 2.35. The first-order valence-corrected chi connectivity index (χ1v) is 8.40. The second kappa shape index (κ2) is 6.23. The molecule has 4 aromatic carbocycles. The Hall–Kier alpha value is -2.42.